The molecule has 0 amide bonds. The molecule has 19 heavy (non-hydrogen) atoms. The van der Waals surface area contributed by atoms with Gasteiger partial charge in [0.1, 0.15) is 6.61 Å². The fraction of sp³-hybridized carbons (Fsp3) is 0.462. The quantitative estimate of drug-likeness (QED) is 0.384. The minimum absolute atomic E-state index is 0.000791. The Morgan fingerprint density at radius 3 is 2.21 bits per heavy atom. The third-order valence-corrected chi connectivity index (χ3v) is 2.21. The Labute approximate surface area is 112 Å². The Balaban J connectivity index is 2.06. The SMILES string of the molecule is Nc1ccc(C(=O)OCCOCCOCCO)cc1. The number of hydrogen-bond acceptors (Lipinski definition) is 6. The number of rotatable bonds is 9. The van der Waals surface area contributed by atoms with Crippen molar-refractivity contribution in [2.45, 2.75) is 0 Å². The molecule has 0 aliphatic heterocycles. The first kappa shape index (κ1) is 15.4. The summed E-state index contributed by atoms with van der Waals surface area (Å²) in [7, 11) is 0. The minimum atomic E-state index is -0.403. The number of hydrogen-bond donors (Lipinski definition) is 2. The van der Waals surface area contributed by atoms with E-state index in [0.717, 1.165) is 0 Å². The van der Waals surface area contributed by atoms with Crippen molar-refractivity contribution in [1.29, 1.82) is 0 Å². The van der Waals surface area contributed by atoms with Crippen molar-refractivity contribution in [2.75, 3.05) is 45.4 Å². The van der Waals surface area contributed by atoms with E-state index in [-0.39, 0.29) is 13.2 Å². The smallest absolute Gasteiger partial charge is 0.338 e. The van der Waals surface area contributed by atoms with Crippen LogP contribution in [0.1, 0.15) is 10.4 Å². The van der Waals surface area contributed by atoms with Gasteiger partial charge in [-0.15, -0.1) is 0 Å². The molecule has 0 heterocycles. The Bertz CT molecular complexity index is 366. The van der Waals surface area contributed by atoms with E-state index in [4.69, 9.17) is 25.1 Å². The fourth-order valence-electron chi connectivity index (χ4n) is 1.28. The maximum atomic E-state index is 11.6. The lowest BCUT2D eigenvalue weighted by atomic mass is 10.2. The summed E-state index contributed by atoms with van der Waals surface area (Å²) >= 11 is 0. The number of nitrogen functional groups attached to an aromatic ring is 1. The molecule has 0 atom stereocenters. The van der Waals surface area contributed by atoms with Gasteiger partial charge in [0.2, 0.25) is 0 Å². The highest BCUT2D eigenvalue weighted by molar-refractivity contribution is 5.89. The molecule has 6 nitrogen and oxygen atoms in total. The number of esters is 1. The van der Waals surface area contributed by atoms with Crippen LogP contribution < -0.4 is 5.73 Å². The lowest BCUT2D eigenvalue weighted by Crippen LogP contribution is -2.13. The summed E-state index contributed by atoms with van der Waals surface area (Å²) in [5.41, 5.74) is 6.58. The molecule has 1 rings (SSSR count). The third-order valence-electron chi connectivity index (χ3n) is 2.21. The number of carbonyl (C=O) groups excluding carboxylic acids is 1. The normalized spacial score (nSPS) is 10.4. The highest BCUT2D eigenvalue weighted by Crippen LogP contribution is 2.06. The molecule has 3 N–H and O–H groups in total. The summed E-state index contributed by atoms with van der Waals surface area (Å²) in [6, 6.07) is 6.51. The highest BCUT2D eigenvalue weighted by Gasteiger charge is 2.05. The molecule has 0 aromatic heterocycles. The van der Waals surface area contributed by atoms with Crippen LogP contribution in [0.5, 0.6) is 0 Å². The van der Waals surface area contributed by atoms with Crippen LogP contribution in [-0.4, -0.2) is 50.7 Å². The molecular formula is C13H19NO5. The predicted octanol–water partition coefficient (Wildman–Crippen LogP) is 0.451. The van der Waals surface area contributed by atoms with E-state index in [0.29, 0.717) is 37.7 Å². The standard InChI is InChI=1S/C13H19NO5/c14-12-3-1-11(2-4-12)13(16)19-10-9-18-8-7-17-6-5-15/h1-4,15H,5-10,14H2. The van der Waals surface area contributed by atoms with E-state index in [1.54, 1.807) is 24.3 Å². The molecule has 0 aliphatic rings. The van der Waals surface area contributed by atoms with E-state index < -0.39 is 5.97 Å². The summed E-state index contributed by atoms with van der Waals surface area (Å²) in [5, 5.41) is 8.46. The van der Waals surface area contributed by atoms with Crippen molar-refractivity contribution in [2.24, 2.45) is 0 Å². The zero-order valence-electron chi connectivity index (χ0n) is 10.7. The van der Waals surface area contributed by atoms with Gasteiger partial charge in [0, 0.05) is 5.69 Å². The van der Waals surface area contributed by atoms with Crippen molar-refractivity contribution in [3.63, 3.8) is 0 Å². The number of anilines is 1. The predicted molar refractivity (Wildman–Crippen MR) is 69.9 cm³/mol. The molecule has 0 unspecified atom stereocenters. The second-order valence-corrected chi connectivity index (χ2v) is 3.71. The van der Waals surface area contributed by atoms with Gasteiger partial charge in [0.05, 0.1) is 38.6 Å². The zero-order chi connectivity index (χ0) is 13.9. The maximum Gasteiger partial charge on any atom is 0.338 e. The summed E-state index contributed by atoms with van der Waals surface area (Å²) < 4.78 is 15.2. The molecule has 6 heteroatoms. The van der Waals surface area contributed by atoms with Crippen LogP contribution >= 0.6 is 0 Å². The van der Waals surface area contributed by atoms with Crippen LogP contribution in [0.25, 0.3) is 0 Å². The Hall–Kier alpha value is -1.63. The van der Waals surface area contributed by atoms with E-state index in [1.807, 2.05) is 0 Å². The third kappa shape index (κ3) is 6.76. The summed E-state index contributed by atoms with van der Waals surface area (Å²) in [4.78, 5) is 11.6. The molecule has 0 aliphatic carbocycles. The molecule has 0 fully saturated rings. The highest BCUT2D eigenvalue weighted by atomic mass is 16.6. The molecule has 0 saturated heterocycles. The molecule has 0 radical (unpaired) electrons. The Kier molecular flexibility index (Phi) is 7.57. The van der Waals surface area contributed by atoms with Crippen molar-refractivity contribution < 1.29 is 24.1 Å². The van der Waals surface area contributed by atoms with Gasteiger partial charge in [-0.2, -0.15) is 0 Å². The van der Waals surface area contributed by atoms with Crippen LogP contribution in [0.4, 0.5) is 5.69 Å². The second-order valence-electron chi connectivity index (χ2n) is 3.71. The first-order valence-electron chi connectivity index (χ1n) is 6.03. The van der Waals surface area contributed by atoms with E-state index in [1.165, 1.54) is 0 Å². The van der Waals surface area contributed by atoms with Crippen LogP contribution in [0.3, 0.4) is 0 Å². The van der Waals surface area contributed by atoms with Gasteiger partial charge in [-0.25, -0.2) is 4.79 Å². The summed E-state index contributed by atoms with van der Waals surface area (Å²) in [5.74, 6) is -0.403. The average Bonchev–Trinajstić information content (AvgIpc) is 2.42. The number of carbonyl (C=O) groups is 1. The second kappa shape index (κ2) is 9.32. The van der Waals surface area contributed by atoms with Crippen LogP contribution in [0.2, 0.25) is 0 Å². The number of aliphatic hydroxyl groups excluding tert-OH is 1. The van der Waals surface area contributed by atoms with Crippen LogP contribution in [0.15, 0.2) is 24.3 Å². The van der Waals surface area contributed by atoms with Gasteiger partial charge in [0.15, 0.2) is 0 Å². The molecule has 1 aromatic carbocycles. The van der Waals surface area contributed by atoms with Crippen LogP contribution in [-0.2, 0) is 14.2 Å². The number of benzene rings is 1. The maximum absolute atomic E-state index is 11.6. The average molecular weight is 269 g/mol. The first-order valence-corrected chi connectivity index (χ1v) is 6.03. The molecule has 0 spiro atoms. The summed E-state index contributed by atoms with van der Waals surface area (Å²) in [6.07, 6.45) is 0. The van der Waals surface area contributed by atoms with Gasteiger partial charge in [0.25, 0.3) is 0 Å². The van der Waals surface area contributed by atoms with E-state index in [9.17, 15) is 4.79 Å². The largest absolute Gasteiger partial charge is 0.460 e. The Morgan fingerprint density at radius 1 is 1.00 bits per heavy atom. The van der Waals surface area contributed by atoms with Crippen molar-refractivity contribution >= 4 is 11.7 Å². The minimum Gasteiger partial charge on any atom is -0.460 e. The Morgan fingerprint density at radius 2 is 1.58 bits per heavy atom. The molecular weight excluding hydrogens is 250 g/mol. The van der Waals surface area contributed by atoms with Crippen molar-refractivity contribution in [3.05, 3.63) is 29.8 Å². The van der Waals surface area contributed by atoms with E-state index in [2.05, 4.69) is 0 Å². The molecule has 1 aromatic rings. The first-order chi connectivity index (χ1) is 9.24. The monoisotopic (exact) mass is 269 g/mol. The van der Waals surface area contributed by atoms with Gasteiger partial charge in [-0.05, 0) is 24.3 Å². The number of ether oxygens (including phenoxy) is 3. The lowest BCUT2D eigenvalue weighted by Gasteiger charge is -2.06. The number of nitrogens with two attached hydrogens (primary N) is 1. The van der Waals surface area contributed by atoms with E-state index >= 15 is 0 Å². The van der Waals surface area contributed by atoms with Crippen molar-refractivity contribution in [3.8, 4) is 0 Å². The van der Waals surface area contributed by atoms with Gasteiger partial charge >= 0.3 is 5.97 Å². The summed E-state index contributed by atoms with van der Waals surface area (Å²) in [6.45, 7) is 1.60. The number of aliphatic hydroxyl groups is 1. The van der Waals surface area contributed by atoms with Gasteiger partial charge < -0.3 is 25.1 Å². The van der Waals surface area contributed by atoms with Crippen LogP contribution in [0, 0.1) is 0 Å². The topological polar surface area (TPSA) is 91.0 Å². The van der Waals surface area contributed by atoms with Gasteiger partial charge in [-0.3, -0.25) is 0 Å². The molecule has 0 bridgehead atoms. The zero-order valence-corrected chi connectivity index (χ0v) is 10.7. The lowest BCUT2D eigenvalue weighted by molar-refractivity contribution is 0.00920. The molecule has 0 saturated carbocycles. The fourth-order valence-corrected chi connectivity index (χ4v) is 1.28. The van der Waals surface area contributed by atoms with Crippen molar-refractivity contribution in [1.82, 2.24) is 0 Å². The molecule has 106 valence electrons. The van der Waals surface area contributed by atoms with Gasteiger partial charge in [-0.1, -0.05) is 0 Å².